The van der Waals surface area contributed by atoms with E-state index in [0.717, 1.165) is 11.3 Å². The fraction of sp³-hybridized carbons (Fsp3) is 0.222. The summed E-state index contributed by atoms with van der Waals surface area (Å²) in [7, 11) is 0. The maximum Gasteiger partial charge on any atom is 0.325 e. The first-order chi connectivity index (χ1) is 12.7. The number of amides is 1. The molecule has 8 heteroatoms. The second kappa shape index (κ2) is 6.69. The SMILES string of the molecule is CCC(=O)N1c2ccccc2-c2c(=O)[nH]c(SC)n[n+]2[C@H]1c1ccsc1. The van der Waals surface area contributed by atoms with Crippen molar-refractivity contribution in [2.45, 2.75) is 24.7 Å². The fourth-order valence-electron chi connectivity index (χ4n) is 3.23. The van der Waals surface area contributed by atoms with Gasteiger partial charge in [0.05, 0.1) is 16.8 Å². The Morgan fingerprint density at radius 3 is 2.88 bits per heavy atom. The number of carbonyl (C=O) groups is 1. The van der Waals surface area contributed by atoms with Gasteiger partial charge in [0.2, 0.25) is 11.1 Å². The fourth-order valence-corrected chi connectivity index (χ4v) is 4.26. The van der Waals surface area contributed by atoms with Gasteiger partial charge in [0.25, 0.3) is 6.17 Å². The average molecular weight is 385 g/mol. The molecule has 3 heterocycles. The lowest BCUT2D eigenvalue weighted by atomic mass is 10.0. The number of benzene rings is 1. The van der Waals surface area contributed by atoms with Crippen LogP contribution in [0.4, 0.5) is 5.69 Å². The zero-order valence-corrected chi connectivity index (χ0v) is 15.9. The van der Waals surface area contributed by atoms with Crippen LogP contribution in [0.3, 0.4) is 0 Å². The minimum Gasteiger partial charge on any atom is -0.291 e. The summed E-state index contributed by atoms with van der Waals surface area (Å²) >= 11 is 2.92. The maximum absolute atomic E-state index is 12.9. The molecule has 0 aliphatic carbocycles. The predicted octanol–water partition coefficient (Wildman–Crippen LogP) is 2.81. The van der Waals surface area contributed by atoms with Crippen molar-refractivity contribution < 1.29 is 9.48 Å². The molecule has 0 radical (unpaired) electrons. The highest BCUT2D eigenvalue weighted by atomic mass is 32.2. The zero-order chi connectivity index (χ0) is 18.3. The summed E-state index contributed by atoms with van der Waals surface area (Å²) in [5.41, 5.74) is 2.64. The molecule has 0 spiro atoms. The molecule has 1 amide bonds. The molecular weight excluding hydrogens is 368 g/mol. The van der Waals surface area contributed by atoms with E-state index >= 15 is 0 Å². The Bertz CT molecular complexity index is 1030. The maximum atomic E-state index is 12.9. The molecule has 1 atom stereocenters. The van der Waals surface area contributed by atoms with Crippen LogP contribution in [0.25, 0.3) is 11.3 Å². The molecule has 0 fully saturated rings. The van der Waals surface area contributed by atoms with E-state index in [0.29, 0.717) is 22.8 Å². The Kier molecular flexibility index (Phi) is 4.37. The number of H-pyrrole nitrogens is 1. The zero-order valence-electron chi connectivity index (χ0n) is 14.3. The van der Waals surface area contributed by atoms with Gasteiger partial charge in [-0.3, -0.25) is 14.6 Å². The first-order valence-corrected chi connectivity index (χ1v) is 10.4. The molecule has 26 heavy (non-hydrogen) atoms. The molecule has 1 aliphatic heterocycles. The highest BCUT2D eigenvalue weighted by Crippen LogP contribution is 2.37. The molecule has 0 unspecified atom stereocenters. The number of nitrogens with one attached hydrogen (secondary N) is 1. The van der Waals surface area contributed by atoms with Crippen molar-refractivity contribution in [2.75, 3.05) is 11.2 Å². The second-order valence-electron chi connectivity index (χ2n) is 5.82. The summed E-state index contributed by atoms with van der Waals surface area (Å²) in [6, 6.07) is 9.46. The van der Waals surface area contributed by atoms with E-state index in [1.165, 1.54) is 11.8 Å². The first kappa shape index (κ1) is 17.0. The van der Waals surface area contributed by atoms with Gasteiger partial charge in [-0.05, 0) is 34.5 Å². The normalized spacial score (nSPS) is 15.5. The number of fused-ring (bicyclic) bond motifs is 3. The van der Waals surface area contributed by atoms with Crippen LogP contribution in [-0.4, -0.2) is 22.2 Å². The lowest BCUT2D eigenvalue weighted by Gasteiger charge is -2.31. The molecule has 0 bridgehead atoms. The lowest BCUT2D eigenvalue weighted by Crippen LogP contribution is -2.60. The minimum atomic E-state index is -0.480. The molecule has 1 aromatic carbocycles. The van der Waals surface area contributed by atoms with E-state index in [1.54, 1.807) is 20.9 Å². The van der Waals surface area contributed by atoms with Crippen molar-refractivity contribution in [1.29, 1.82) is 0 Å². The summed E-state index contributed by atoms with van der Waals surface area (Å²) in [6.45, 7) is 1.84. The van der Waals surface area contributed by atoms with Crippen LogP contribution in [0.1, 0.15) is 25.1 Å². The molecular formula is C18H17N4O2S2+. The monoisotopic (exact) mass is 385 g/mol. The Hall–Kier alpha value is -2.45. The average Bonchev–Trinajstić information content (AvgIpc) is 3.20. The number of hydrogen-bond acceptors (Lipinski definition) is 5. The topological polar surface area (TPSA) is 69.9 Å². The smallest absolute Gasteiger partial charge is 0.291 e. The van der Waals surface area contributed by atoms with Crippen molar-refractivity contribution in [1.82, 2.24) is 10.1 Å². The van der Waals surface area contributed by atoms with Gasteiger partial charge in [0, 0.05) is 16.9 Å². The molecule has 0 saturated carbocycles. The number of nitrogens with zero attached hydrogens (tertiary/aromatic N) is 3. The Balaban J connectivity index is 2.09. The van der Waals surface area contributed by atoms with Crippen LogP contribution < -0.4 is 15.1 Å². The Morgan fingerprint density at radius 1 is 1.38 bits per heavy atom. The first-order valence-electron chi connectivity index (χ1n) is 8.19. The summed E-state index contributed by atoms with van der Waals surface area (Å²) in [6.07, 6.45) is 1.74. The van der Waals surface area contributed by atoms with Gasteiger partial charge in [0.1, 0.15) is 0 Å². The van der Waals surface area contributed by atoms with Crippen molar-refractivity contribution >= 4 is 34.7 Å². The summed E-state index contributed by atoms with van der Waals surface area (Å²) in [4.78, 5) is 30.3. The number of carbonyl (C=O) groups excluding carboxylic acids is 1. The van der Waals surface area contributed by atoms with Crippen molar-refractivity contribution in [3.63, 3.8) is 0 Å². The molecule has 4 rings (SSSR count). The highest BCUT2D eigenvalue weighted by Gasteiger charge is 2.45. The molecule has 1 N–H and O–H groups in total. The van der Waals surface area contributed by atoms with Crippen LogP contribution >= 0.6 is 23.1 Å². The molecule has 0 saturated heterocycles. The third kappa shape index (κ3) is 2.57. The molecule has 2 aromatic heterocycles. The minimum absolute atomic E-state index is 0.0143. The van der Waals surface area contributed by atoms with Gasteiger partial charge in [-0.15, -0.1) is 0 Å². The van der Waals surface area contributed by atoms with Crippen molar-refractivity contribution in [3.05, 3.63) is 57.0 Å². The van der Waals surface area contributed by atoms with Crippen LogP contribution in [-0.2, 0) is 4.79 Å². The van der Waals surface area contributed by atoms with E-state index < -0.39 is 6.17 Å². The van der Waals surface area contributed by atoms with E-state index in [2.05, 4.69) is 10.1 Å². The van der Waals surface area contributed by atoms with E-state index in [1.807, 2.05) is 54.3 Å². The summed E-state index contributed by atoms with van der Waals surface area (Å²) < 4.78 is 1.68. The number of thiophene rings is 1. The van der Waals surface area contributed by atoms with Crippen LogP contribution in [0.15, 0.2) is 51.0 Å². The summed E-state index contributed by atoms with van der Waals surface area (Å²) in [5, 5.41) is 9.11. The van der Waals surface area contributed by atoms with Crippen molar-refractivity contribution in [2.24, 2.45) is 0 Å². The number of para-hydroxylation sites is 1. The number of aromatic amines is 1. The number of anilines is 1. The van der Waals surface area contributed by atoms with Gasteiger partial charge >= 0.3 is 11.3 Å². The third-order valence-electron chi connectivity index (χ3n) is 4.36. The highest BCUT2D eigenvalue weighted by molar-refractivity contribution is 7.98. The van der Waals surface area contributed by atoms with Crippen LogP contribution in [0, 0.1) is 0 Å². The van der Waals surface area contributed by atoms with Gasteiger partial charge in [-0.1, -0.05) is 30.8 Å². The third-order valence-corrected chi connectivity index (χ3v) is 5.64. The Morgan fingerprint density at radius 2 is 2.19 bits per heavy atom. The van der Waals surface area contributed by atoms with E-state index in [-0.39, 0.29) is 11.5 Å². The number of aromatic nitrogens is 3. The van der Waals surface area contributed by atoms with E-state index in [9.17, 15) is 9.59 Å². The van der Waals surface area contributed by atoms with Gasteiger partial charge < -0.3 is 0 Å². The predicted molar refractivity (Wildman–Crippen MR) is 103 cm³/mol. The number of hydrogen-bond donors (Lipinski definition) is 1. The molecule has 132 valence electrons. The van der Waals surface area contributed by atoms with Gasteiger partial charge in [-0.2, -0.15) is 11.3 Å². The van der Waals surface area contributed by atoms with Crippen LogP contribution in [0.5, 0.6) is 0 Å². The quantitative estimate of drug-likeness (QED) is 0.556. The van der Waals surface area contributed by atoms with Gasteiger partial charge in [0.15, 0.2) is 0 Å². The van der Waals surface area contributed by atoms with Gasteiger partial charge in [-0.25, -0.2) is 4.90 Å². The lowest BCUT2D eigenvalue weighted by molar-refractivity contribution is -0.763. The molecule has 1 aliphatic rings. The number of thioether (sulfide) groups is 1. The number of rotatable bonds is 3. The Labute approximate surface area is 158 Å². The molecule has 3 aromatic rings. The largest absolute Gasteiger partial charge is 0.325 e. The van der Waals surface area contributed by atoms with Crippen LogP contribution in [0.2, 0.25) is 0 Å². The van der Waals surface area contributed by atoms with Crippen molar-refractivity contribution in [3.8, 4) is 11.3 Å². The van der Waals surface area contributed by atoms with E-state index in [4.69, 9.17) is 0 Å². The molecule has 6 nitrogen and oxygen atoms in total. The standard InChI is InChI=1S/C18H16N4O2S2/c1-3-14(23)21-13-7-5-4-6-12(13)15-16(24)19-18(25-2)20-22(15)17(21)11-8-9-26-10-11/h4-10,17H,3H2,1-2H3/p+1/t17-/m0/s1. The second-order valence-corrected chi connectivity index (χ2v) is 7.40. The summed E-state index contributed by atoms with van der Waals surface area (Å²) in [5.74, 6) is -0.0143.